The van der Waals surface area contributed by atoms with Crippen LogP contribution in [0, 0.1) is 0 Å². The Kier molecular flexibility index (Phi) is 7.05. The third-order valence-electron chi connectivity index (χ3n) is 5.14. The minimum Gasteiger partial charge on any atom is -0.325 e. The van der Waals surface area contributed by atoms with Gasteiger partial charge in [-0.3, -0.25) is 9.69 Å². The number of nitrogens with zero attached hydrogens (tertiary/aromatic N) is 2. The number of sulfonamides is 1. The Morgan fingerprint density at radius 2 is 1.59 bits per heavy atom. The predicted octanol–water partition coefficient (Wildman–Crippen LogP) is 2.90. The topological polar surface area (TPSA) is 69.7 Å². The van der Waals surface area contributed by atoms with E-state index in [1.807, 2.05) is 59.5 Å². The first-order valence-electron chi connectivity index (χ1n) is 9.98. The van der Waals surface area contributed by atoms with Gasteiger partial charge >= 0.3 is 0 Å². The molecule has 0 spiro atoms. The van der Waals surface area contributed by atoms with Crippen molar-refractivity contribution in [2.75, 3.05) is 38.0 Å². The molecule has 0 saturated carbocycles. The average molecular weight is 416 g/mol. The van der Waals surface area contributed by atoms with Crippen molar-refractivity contribution in [2.45, 2.75) is 25.5 Å². The minimum absolute atomic E-state index is 0.0142. The molecule has 1 saturated heterocycles. The highest BCUT2D eigenvalue weighted by molar-refractivity contribution is 7.88. The second-order valence-electron chi connectivity index (χ2n) is 7.71. The normalized spacial score (nSPS) is 16.1. The van der Waals surface area contributed by atoms with Gasteiger partial charge in [0.1, 0.15) is 0 Å². The van der Waals surface area contributed by atoms with E-state index in [2.05, 4.69) is 19.2 Å². The summed E-state index contributed by atoms with van der Waals surface area (Å²) in [5.74, 6) is 0.267. The van der Waals surface area contributed by atoms with Crippen LogP contribution in [0.25, 0.3) is 0 Å². The molecule has 1 N–H and O–H groups in total. The number of hydrogen-bond acceptors (Lipinski definition) is 4. The van der Waals surface area contributed by atoms with E-state index in [1.54, 1.807) is 0 Å². The molecule has 6 nitrogen and oxygen atoms in total. The maximum Gasteiger partial charge on any atom is 0.238 e. The molecule has 1 amide bonds. The van der Waals surface area contributed by atoms with Crippen LogP contribution < -0.4 is 5.32 Å². The first-order valence-corrected chi connectivity index (χ1v) is 11.6. The van der Waals surface area contributed by atoms with Gasteiger partial charge in [0.25, 0.3) is 0 Å². The number of rotatable bonds is 7. The summed E-state index contributed by atoms with van der Waals surface area (Å²) >= 11 is 0. The molecule has 7 heteroatoms. The average Bonchev–Trinajstić information content (AvgIpc) is 2.69. The highest BCUT2D eigenvalue weighted by Crippen LogP contribution is 2.23. The molecule has 1 aliphatic rings. The lowest BCUT2D eigenvalue weighted by Gasteiger charge is -2.33. The van der Waals surface area contributed by atoms with Gasteiger partial charge in [0.05, 0.1) is 12.3 Å². The Bertz CT molecular complexity index is 921. The Balaban J connectivity index is 1.51. The molecular formula is C22H29N3O3S. The Morgan fingerprint density at radius 3 is 2.24 bits per heavy atom. The van der Waals surface area contributed by atoms with E-state index in [0.29, 0.717) is 32.1 Å². The van der Waals surface area contributed by atoms with Crippen LogP contribution in [0.4, 0.5) is 5.69 Å². The molecule has 0 unspecified atom stereocenters. The summed E-state index contributed by atoms with van der Waals surface area (Å²) in [5, 5.41) is 3.00. The maximum absolute atomic E-state index is 12.7. The fourth-order valence-corrected chi connectivity index (χ4v) is 5.06. The number of para-hydroxylation sites is 1. The van der Waals surface area contributed by atoms with Crippen molar-refractivity contribution in [1.29, 1.82) is 0 Å². The number of carbonyl (C=O) groups is 1. The molecule has 2 aromatic carbocycles. The molecular weight excluding hydrogens is 386 g/mol. The first-order chi connectivity index (χ1) is 13.8. The lowest BCUT2D eigenvalue weighted by molar-refractivity contribution is -0.117. The van der Waals surface area contributed by atoms with Gasteiger partial charge < -0.3 is 5.32 Å². The van der Waals surface area contributed by atoms with E-state index in [1.165, 1.54) is 4.31 Å². The van der Waals surface area contributed by atoms with Crippen LogP contribution in [-0.4, -0.2) is 56.3 Å². The highest BCUT2D eigenvalue weighted by Gasteiger charge is 2.27. The quantitative estimate of drug-likeness (QED) is 0.755. The number of anilines is 1. The van der Waals surface area contributed by atoms with Gasteiger partial charge in [0, 0.05) is 31.9 Å². The van der Waals surface area contributed by atoms with Crippen molar-refractivity contribution >= 4 is 21.6 Å². The SMILES string of the molecule is CC(C)c1ccccc1NC(=O)CN1CCN(S(=O)(=O)Cc2ccccc2)CC1. The van der Waals surface area contributed by atoms with E-state index in [9.17, 15) is 13.2 Å². The third-order valence-corrected chi connectivity index (χ3v) is 6.99. The second kappa shape index (κ2) is 9.52. The largest absolute Gasteiger partial charge is 0.325 e. The molecule has 0 atom stereocenters. The zero-order chi connectivity index (χ0) is 20.9. The standard InChI is InChI=1S/C22H29N3O3S/c1-18(2)20-10-6-7-11-21(20)23-22(26)16-24-12-14-25(15-13-24)29(27,28)17-19-8-4-3-5-9-19/h3-11,18H,12-17H2,1-2H3,(H,23,26). The summed E-state index contributed by atoms with van der Waals surface area (Å²) in [4.78, 5) is 14.5. The van der Waals surface area contributed by atoms with Crippen LogP contribution in [0.3, 0.4) is 0 Å². The number of hydrogen-bond donors (Lipinski definition) is 1. The fraction of sp³-hybridized carbons (Fsp3) is 0.409. The molecule has 1 heterocycles. The van der Waals surface area contributed by atoms with Crippen LogP contribution >= 0.6 is 0 Å². The third kappa shape index (κ3) is 5.88. The van der Waals surface area contributed by atoms with Gasteiger partial charge in [0.2, 0.25) is 15.9 Å². The van der Waals surface area contributed by atoms with Crippen molar-refractivity contribution in [1.82, 2.24) is 9.21 Å². The van der Waals surface area contributed by atoms with Gasteiger partial charge in [-0.05, 0) is 23.1 Å². The summed E-state index contributed by atoms with van der Waals surface area (Å²) in [7, 11) is -3.35. The lowest BCUT2D eigenvalue weighted by atomic mass is 10.0. The summed E-state index contributed by atoms with van der Waals surface area (Å²) in [6.07, 6.45) is 0. The van der Waals surface area contributed by atoms with Crippen LogP contribution in [0.5, 0.6) is 0 Å². The molecule has 156 valence electrons. The van der Waals surface area contributed by atoms with E-state index in [0.717, 1.165) is 16.8 Å². The molecule has 29 heavy (non-hydrogen) atoms. The number of carbonyl (C=O) groups excluding carboxylic acids is 1. The van der Waals surface area contributed by atoms with Gasteiger partial charge in [-0.15, -0.1) is 0 Å². The minimum atomic E-state index is -3.35. The van der Waals surface area contributed by atoms with Gasteiger partial charge in [-0.25, -0.2) is 8.42 Å². The van der Waals surface area contributed by atoms with Gasteiger partial charge in [-0.1, -0.05) is 62.4 Å². The number of benzene rings is 2. The van der Waals surface area contributed by atoms with Crippen molar-refractivity contribution in [3.63, 3.8) is 0 Å². The zero-order valence-corrected chi connectivity index (χ0v) is 17.9. The summed E-state index contributed by atoms with van der Waals surface area (Å²) in [6, 6.07) is 17.0. The van der Waals surface area contributed by atoms with E-state index in [-0.39, 0.29) is 18.2 Å². The molecule has 1 aliphatic heterocycles. The van der Waals surface area contributed by atoms with Crippen LogP contribution in [0.15, 0.2) is 54.6 Å². The summed E-state index contributed by atoms with van der Waals surface area (Å²) in [6.45, 7) is 6.37. The Morgan fingerprint density at radius 1 is 0.966 bits per heavy atom. The summed E-state index contributed by atoms with van der Waals surface area (Å²) < 4.78 is 26.8. The van der Waals surface area contributed by atoms with Crippen LogP contribution in [-0.2, 0) is 20.6 Å². The van der Waals surface area contributed by atoms with Crippen molar-refractivity contribution in [3.8, 4) is 0 Å². The van der Waals surface area contributed by atoms with E-state index in [4.69, 9.17) is 0 Å². The first kappa shape index (κ1) is 21.5. The van der Waals surface area contributed by atoms with E-state index >= 15 is 0 Å². The van der Waals surface area contributed by atoms with Crippen LogP contribution in [0.2, 0.25) is 0 Å². The molecule has 0 aliphatic carbocycles. The fourth-order valence-electron chi connectivity index (χ4n) is 3.55. The molecule has 2 aromatic rings. The molecule has 0 radical (unpaired) electrons. The molecule has 0 aromatic heterocycles. The highest BCUT2D eigenvalue weighted by atomic mass is 32.2. The van der Waals surface area contributed by atoms with E-state index < -0.39 is 10.0 Å². The predicted molar refractivity (Wildman–Crippen MR) is 116 cm³/mol. The van der Waals surface area contributed by atoms with Gasteiger partial charge in [0.15, 0.2) is 0 Å². The number of piperazine rings is 1. The zero-order valence-electron chi connectivity index (χ0n) is 17.0. The van der Waals surface area contributed by atoms with Gasteiger partial charge in [-0.2, -0.15) is 4.31 Å². The Hall–Kier alpha value is -2.22. The lowest BCUT2D eigenvalue weighted by Crippen LogP contribution is -2.50. The van der Waals surface area contributed by atoms with Crippen molar-refractivity contribution in [2.24, 2.45) is 0 Å². The maximum atomic E-state index is 12.7. The van der Waals surface area contributed by atoms with Crippen LogP contribution in [0.1, 0.15) is 30.9 Å². The summed E-state index contributed by atoms with van der Waals surface area (Å²) in [5.41, 5.74) is 2.74. The molecule has 3 rings (SSSR count). The smallest absolute Gasteiger partial charge is 0.238 e. The second-order valence-corrected chi connectivity index (χ2v) is 9.68. The molecule has 0 bridgehead atoms. The monoisotopic (exact) mass is 415 g/mol. The van der Waals surface area contributed by atoms with Crippen molar-refractivity contribution in [3.05, 3.63) is 65.7 Å². The number of nitrogens with one attached hydrogen (secondary N) is 1. The molecule has 1 fully saturated rings. The number of amides is 1. The Labute approximate surface area is 173 Å². The van der Waals surface area contributed by atoms with Crippen molar-refractivity contribution < 1.29 is 13.2 Å².